The summed E-state index contributed by atoms with van der Waals surface area (Å²) in [5, 5.41) is 16.3. The summed E-state index contributed by atoms with van der Waals surface area (Å²) in [4.78, 5) is 0. The van der Waals surface area contributed by atoms with Crippen LogP contribution in [0.1, 0.15) is 12.0 Å². The summed E-state index contributed by atoms with van der Waals surface area (Å²) in [6.45, 7) is 1.50. The molecule has 1 aliphatic rings. The molecule has 3 heteroatoms. The van der Waals surface area contributed by atoms with E-state index < -0.39 is 5.60 Å². The van der Waals surface area contributed by atoms with Crippen molar-refractivity contribution >= 4 is 22.5 Å². The Labute approximate surface area is 118 Å². The maximum Gasteiger partial charge on any atom is 0.0869 e. The summed E-state index contributed by atoms with van der Waals surface area (Å²) in [5.74, 6) is 1.93. The van der Waals surface area contributed by atoms with Crippen molar-refractivity contribution in [1.82, 2.24) is 5.32 Å². The van der Waals surface area contributed by atoms with Crippen LogP contribution in [0.2, 0.25) is 0 Å². The van der Waals surface area contributed by atoms with Gasteiger partial charge in [-0.2, -0.15) is 11.8 Å². The van der Waals surface area contributed by atoms with Gasteiger partial charge in [-0.3, -0.25) is 0 Å². The fraction of sp³-hybridized carbons (Fsp3) is 0.375. The second kappa shape index (κ2) is 5.53. The molecule has 1 aliphatic heterocycles. The zero-order valence-corrected chi connectivity index (χ0v) is 11.7. The Balaban J connectivity index is 1.68. The Bertz CT molecular complexity index is 558. The van der Waals surface area contributed by atoms with Gasteiger partial charge in [-0.1, -0.05) is 42.5 Å². The van der Waals surface area contributed by atoms with E-state index in [1.54, 1.807) is 0 Å². The second-order valence-electron chi connectivity index (χ2n) is 5.27. The third kappa shape index (κ3) is 2.94. The molecule has 0 aromatic heterocycles. The number of hydrogen-bond donors (Lipinski definition) is 2. The maximum atomic E-state index is 10.3. The van der Waals surface area contributed by atoms with E-state index in [1.165, 1.54) is 16.3 Å². The van der Waals surface area contributed by atoms with Crippen molar-refractivity contribution in [2.75, 3.05) is 18.1 Å². The van der Waals surface area contributed by atoms with Crippen molar-refractivity contribution in [3.8, 4) is 0 Å². The van der Waals surface area contributed by atoms with Crippen LogP contribution in [0.5, 0.6) is 0 Å². The van der Waals surface area contributed by atoms with Crippen LogP contribution in [0.4, 0.5) is 0 Å². The van der Waals surface area contributed by atoms with E-state index in [0.29, 0.717) is 6.54 Å². The molecule has 1 atom stereocenters. The molecular formula is C16H19NOS. The van der Waals surface area contributed by atoms with Crippen molar-refractivity contribution < 1.29 is 5.11 Å². The highest BCUT2D eigenvalue weighted by Crippen LogP contribution is 2.27. The summed E-state index contributed by atoms with van der Waals surface area (Å²) >= 11 is 1.84. The van der Waals surface area contributed by atoms with Gasteiger partial charge in [-0.15, -0.1) is 0 Å². The zero-order chi connectivity index (χ0) is 13.1. The molecule has 0 spiro atoms. The molecule has 0 amide bonds. The lowest BCUT2D eigenvalue weighted by atomic mass is 10.0. The van der Waals surface area contributed by atoms with E-state index in [2.05, 4.69) is 47.8 Å². The summed E-state index contributed by atoms with van der Waals surface area (Å²) in [6.07, 6.45) is 0.903. The third-order valence-electron chi connectivity index (χ3n) is 3.73. The van der Waals surface area contributed by atoms with Gasteiger partial charge in [0.05, 0.1) is 5.60 Å². The normalized spacial score (nSPS) is 23.0. The van der Waals surface area contributed by atoms with Crippen LogP contribution in [0, 0.1) is 0 Å². The lowest BCUT2D eigenvalue weighted by Gasteiger charge is -2.21. The molecule has 0 aliphatic carbocycles. The molecule has 1 unspecified atom stereocenters. The van der Waals surface area contributed by atoms with Gasteiger partial charge in [0, 0.05) is 18.8 Å². The van der Waals surface area contributed by atoms with E-state index in [9.17, 15) is 5.11 Å². The predicted molar refractivity (Wildman–Crippen MR) is 82.5 cm³/mol. The predicted octanol–water partition coefficient (Wildman–Crippen LogP) is 2.80. The van der Waals surface area contributed by atoms with E-state index in [1.807, 2.05) is 11.8 Å². The van der Waals surface area contributed by atoms with Crippen LogP contribution in [0.3, 0.4) is 0 Å². The van der Waals surface area contributed by atoms with E-state index in [0.717, 1.165) is 24.5 Å². The first-order chi connectivity index (χ1) is 9.27. The first kappa shape index (κ1) is 13.0. The molecule has 0 bridgehead atoms. The highest BCUT2D eigenvalue weighted by atomic mass is 32.2. The quantitative estimate of drug-likeness (QED) is 0.898. The van der Waals surface area contributed by atoms with Crippen LogP contribution >= 0.6 is 11.8 Å². The van der Waals surface area contributed by atoms with Crippen molar-refractivity contribution in [1.29, 1.82) is 0 Å². The van der Waals surface area contributed by atoms with Crippen molar-refractivity contribution in [2.24, 2.45) is 0 Å². The van der Waals surface area contributed by atoms with Gasteiger partial charge < -0.3 is 10.4 Å². The fourth-order valence-corrected chi connectivity index (χ4v) is 3.91. The molecule has 2 aromatic rings. The van der Waals surface area contributed by atoms with Gasteiger partial charge in [0.1, 0.15) is 0 Å². The topological polar surface area (TPSA) is 32.3 Å². The molecule has 2 N–H and O–H groups in total. The SMILES string of the molecule is OC1(CNCc2cccc3ccccc23)CCSC1. The minimum atomic E-state index is -0.505. The van der Waals surface area contributed by atoms with Crippen molar-refractivity contribution in [3.63, 3.8) is 0 Å². The number of fused-ring (bicyclic) bond motifs is 1. The Morgan fingerprint density at radius 3 is 2.84 bits per heavy atom. The molecule has 3 rings (SSSR count). The van der Waals surface area contributed by atoms with Crippen LogP contribution < -0.4 is 5.32 Å². The van der Waals surface area contributed by atoms with Crippen LogP contribution in [0.25, 0.3) is 10.8 Å². The molecule has 2 nitrogen and oxygen atoms in total. The highest BCUT2D eigenvalue weighted by molar-refractivity contribution is 7.99. The Hall–Kier alpha value is -1.03. The van der Waals surface area contributed by atoms with E-state index >= 15 is 0 Å². The summed E-state index contributed by atoms with van der Waals surface area (Å²) in [6, 6.07) is 14.8. The summed E-state index contributed by atoms with van der Waals surface area (Å²) in [5.41, 5.74) is 0.794. The average molecular weight is 273 g/mol. The van der Waals surface area contributed by atoms with E-state index in [-0.39, 0.29) is 0 Å². The van der Waals surface area contributed by atoms with Gasteiger partial charge >= 0.3 is 0 Å². The Kier molecular flexibility index (Phi) is 3.78. The fourth-order valence-electron chi connectivity index (χ4n) is 2.61. The van der Waals surface area contributed by atoms with Gasteiger partial charge in [0.25, 0.3) is 0 Å². The summed E-state index contributed by atoms with van der Waals surface area (Å²) < 4.78 is 0. The molecule has 1 fully saturated rings. The average Bonchev–Trinajstić information content (AvgIpc) is 2.86. The molecular weight excluding hydrogens is 254 g/mol. The van der Waals surface area contributed by atoms with Crippen molar-refractivity contribution in [3.05, 3.63) is 48.0 Å². The number of nitrogens with one attached hydrogen (secondary N) is 1. The van der Waals surface area contributed by atoms with Crippen molar-refractivity contribution in [2.45, 2.75) is 18.6 Å². The molecule has 1 saturated heterocycles. The number of hydrogen-bond acceptors (Lipinski definition) is 3. The second-order valence-corrected chi connectivity index (χ2v) is 6.37. The van der Waals surface area contributed by atoms with Gasteiger partial charge in [0.15, 0.2) is 0 Å². The molecule has 2 aromatic carbocycles. The largest absolute Gasteiger partial charge is 0.388 e. The highest BCUT2D eigenvalue weighted by Gasteiger charge is 2.30. The van der Waals surface area contributed by atoms with Gasteiger partial charge in [-0.25, -0.2) is 0 Å². The summed E-state index contributed by atoms with van der Waals surface area (Å²) in [7, 11) is 0. The number of aliphatic hydroxyl groups is 1. The number of benzene rings is 2. The van der Waals surface area contributed by atoms with E-state index in [4.69, 9.17) is 0 Å². The molecule has 1 heterocycles. The van der Waals surface area contributed by atoms with Gasteiger partial charge in [-0.05, 0) is 28.5 Å². The minimum Gasteiger partial charge on any atom is -0.388 e. The van der Waals surface area contributed by atoms with Gasteiger partial charge in [0.2, 0.25) is 0 Å². The maximum absolute atomic E-state index is 10.3. The molecule has 100 valence electrons. The molecule has 0 radical (unpaired) electrons. The van der Waals surface area contributed by atoms with Crippen LogP contribution in [0.15, 0.2) is 42.5 Å². The molecule has 0 saturated carbocycles. The lowest BCUT2D eigenvalue weighted by molar-refractivity contribution is 0.0675. The number of thioether (sulfide) groups is 1. The lowest BCUT2D eigenvalue weighted by Crippen LogP contribution is -2.40. The minimum absolute atomic E-state index is 0.505. The monoisotopic (exact) mass is 273 g/mol. The first-order valence-electron chi connectivity index (χ1n) is 6.74. The smallest absolute Gasteiger partial charge is 0.0869 e. The first-order valence-corrected chi connectivity index (χ1v) is 7.90. The van der Waals surface area contributed by atoms with Crippen LogP contribution in [-0.2, 0) is 6.54 Å². The third-order valence-corrected chi connectivity index (χ3v) is 4.97. The van der Waals surface area contributed by atoms with Crippen LogP contribution in [-0.4, -0.2) is 28.8 Å². The number of rotatable bonds is 4. The Morgan fingerprint density at radius 2 is 2.00 bits per heavy atom. The standard InChI is InChI=1S/C16H19NOS/c18-16(8-9-19-12-16)11-17-10-14-6-3-5-13-4-1-2-7-15(13)14/h1-7,17-18H,8-12H2. The zero-order valence-electron chi connectivity index (χ0n) is 10.9. The molecule has 19 heavy (non-hydrogen) atoms. The Morgan fingerprint density at radius 1 is 1.16 bits per heavy atom.